The Morgan fingerprint density at radius 2 is 2.08 bits per heavy atom. The summed E-state index contributed by atoms with van der Waals surface area (Å²) in [5, 5.41) is 9.55. The lowest BCUT2D eigenvalue weighted by molar-refractivity contribution is -0.138. The van der Waals surface area contributed by atoms with Gasteiger partial charge in [0, 0.05) is 18.0 Å². The Hall–Kier alpha value is -2.51. The lowest BCUT2D eigenvalue weighted by Gasteiger charge is -2.17. The zero-order valence-corrected chi connectivity index (χ0v) is 15.9. The van der Waals surface area contributed by atoms with Gasteiger partial charge in [-0.1, -0.05) is 30.3 Å². The number of fused-ring (bicyclic) bond motifs is 1. The zero-order valence-electron chi connectivity index (χ0n) is 14.3. The molecule has 2 atom stereocenters. The van der Waals surface area contributed by atoms with Crippen molar-refractivity contribution in [2.45, 2.75) is 13.0 Å². The number of nitrogens with zero attached hydrogens (tertiary/aromatic N) is 2. The average Bonchev–Trinajstić information content (AvgIpc) is 2.78. The molecule has 7 heteroatoms. The van der Waals surface area contributed by atoms with E-state index in [1.807, 2.05) is 36.4 Å². The Balaban J connectivity index is 2.29. The highest BCUT2D eigenvalue weighted by atomic mass is 79.9. The Bertz CT molecular complexity index is 881. The van der Waals surface area contributed by atoms with Crippen LogP contribution < -0.4 is 5.48 Å². The summed E-state index contributed by atoms with van der Waals surface area (Å²) in [6, 6.07) is 11.2. The van der Waals surface area contributed by atoms with Crippen molar-refractivity contribution < 1.29 is 14.7 Å². The Morgan fingerprint density at radius 3 is 2.73 bits per heavy atom. The minimum atomic E-state index is -0.951. The molecule has 0 unspecified atom stereocenters. The molecule has 1 aliphatic rings. The van der Waals surface area contributed by atoms with E-state index < -0.39 is 11.9 Å². The van der Waals surface area contributed by atoms with Gasteiger partial charge in [-0.25, -0.2) is 0 Å². The predicted octanol–water partition coefficient (Wildman–Crippen LogP) is 3.56. The number of hydroxylamine groups is 1. The first kappa shape index (κ1) is 18.3. The van der Waals surface area contributed by atoms with Crippen molar-refractivity contribution in [1.82, 2.24) is 10.5 Å². The maximum Gasteiger partial charge on any atom is 0.312 e. The number of hydrogen-bond acceptors (Lipinski definition) is 5. The number of carboxylic acid groups (broad SMARTS) is 1. The van der Waals surface area contributed by atoms with Gasteiger partial charge in [-0.05, 0) is 40.0 Å². The lowest BCUT2D eigenvalue weighted by atomic mass is 9.95. The van der Waals surface area contributed by atoms with E-state index in [0.717, 1.165) is 16.7 Å². The Morgan fingerprint density at radius 1 is 1.31 bits per heavy atom. The van der Waals surface area contributed by atoms with Crippen molar-refractivity contribution in [3.05, 3.63) is 70.0 Å². The first-order valence-corrected chi connectivity index (χ1v) is 8.82. The summed E-state index contributed by atoms with van der Waals surface area (Å²) in [6.45, 7) is 1.61. The van der Waals surface area contributed by atoms with E-state index in [1.54, 1.807) is 19.3 Å². The minimum Gasteiger partial charge on any atom is -0.481 e. The molecule has 1 aromatic heterocycles. The number of carbonyl (C=O) groups is 1. The first-order valence-electron chi connectivity index (χ1n) is 8.03. The second kappa shape index (κ2) is 7.80. The SMILES string of the molecule is CONC1=C(Br)C([C@@H](C)C(=O)O)=N[C@@H](c2cccnc2)c2ccccc21. The van der Waals surface area contributed by atoms with Gasteiger partial charge in [0.15, 0.2) is 0 Å². The summed E-state index contributed by atoms with van der Waals surface area (Å²) in [6.07, 6.45) is 3.44. The van der Waals surface area contributed by atoms with Crippen LogP contribution in [0.3, 0.4) is 0 Å². The smallest absolute Gasteiger partial charge is 0.312 e. The standard InChI is InChI=1S/C19H18BrN3O3/c1-11(19(24)25)16-15(20)18(23-26-2)14-8-4-3-7-13(14)17(22-16)12-6-5-9-21-10-12/h3-11,17,23H,1-2H3,(H,24,25)/t11-,17+/m1/s1. The summed E-state index contributed by atoms with van der Waals surface area (Å²) >= 11 is 3.54. The number of aliphatic imine (C=N–C) groups is 1. The molecule has 0 aliphatic carbocycles. The lowest BCUT2D eigenvalue weighted by Crippen LogP contribution is -2.23. The van der Waals surface area contributed by atoms with Crippen molar-refractivity contribution in [1.29, 1.82) is 0 Å². The number of halogens is 1. The molecule has 0 radical (unpaired) electrons. The second-order valence-corrected chi connectivity index (χ2v) is 6.64. The molecule has 0 amide bonds. The van der Waals surface area contributed by atoms with Gasteiger partial charge in [-0.3, -0.25) is 25.1 Å². The molecular weight excluding hydrogens is 398 g/mol. The van der Waals surface area contributed by atoms with Gasteiger partial charge in [0.1, 0.15) is 6.04 Å². The van der Waals surface area contributed by atoms with Crippen LogP contribution in [0.25, 0.3) is 5.70 Å². The number of nitrogens with one attached hydrogen (secondary N) is 1. The van der Waals surface area contributed by atoms with Crippen LogP contribution in [0.2, 0.25) is 0 Å². The quantitative estimate of drug-likeness (QED) is 0.729. The highest BCUT2D eigenvalue weighted by Gasteiger charge is 2.31. The normalized spacial score (nSPS) is 17.8. The van der Waals surface area contributed by atoms with Gasteiger partial charge in [-0.15, -0.1) is 0 Å². The molecule has 0 saturated heterocycles. The molecule has 2 aromatic rings. The Labute approximate surface area is 159 Å². The summed E-state index contributed by atoms with van der Waals surface area (Å²) in [4.78, 5) is 25.8. The van der Waals surface area contributed by atoms with Gasteiger partial charge < -0.3 is 5.11 Å². The third kappa shape index (κ3) is 3.40. The topological polar surface area (TPSA) is 83.8 Å². The molecule has 26 heavy (non-hydrogen) atoms. The van der Waals surface area contributed by atoms with Crippen molar-refractivity contribution in [3.63, 3.8) is 0 Å². The minimum absolute atomic E-state index is 0.375. The van der Waals surface area contributed by atoms with Crippen LogP contribution in [-0.4, -0.2) is 28.9 Å². The number of allylic oxidation sites excluding steroid dienone is 1. The number of aliphatic carboxylic acids is 1. The van der Waals surface area contributed by atoms with E-state index in [2.05, 4.69) is 26.4 Å². The van der Waals surface area contributed by atoms with Gasteiger partial charge in [0.2, 0.25) is 0 Å². The molecule has 1 aromatic carbocycles. The maximum atomic E-state index is 11.6. The van der Waals surface area contributed by atoms with Crippen LogP contribution in [0.4, 0.5) is 0 Å². The fourth-order valence-electron chi connectivity index (χ4n) is 2.89. The number of carboxylic acids is 1. The first-order chi connectivity index (χ1) is 12.5. The molecule has 2 heterocycles. The van der Waals surface area contributed by atoms with Crippen LogP contribution in [0.5, 0.6) is 0 Å². The van der Waals surface area contributed by atoms with Gasteiger partial charge in [-0.2, -0.15) is 0 Å². The van der Waals surface area contributed by atoms with Gasteiger partial charge >= 0.3 is 5.97 Å². The zero-order chi connectivity index (χ0) is 18.7. The largest absolute Gasteiger partial charge is 0.481 e. The third-order valence-electron chi connectivity index (χ3n) is 4.22. The summed E-state index contributed by atoms with van der Waals surface area (Å²) < 4.78 is 0.563. The van der Waals surface area contributed by atoms with E-state index in [0.29, 0.717) is 15.9 Å². The van der Waals surface area contributed by atoms with Crippen molar-refractivity contribution in [3.8, 4) is 0 Å². The van der Waals surface area contributed by atoms with E-state index >= 15 is 0 Å². The van der Waals surface area contributed by atoms with Gasteiger partial charge in [0.25, 0.3) is 0 Å². The maximum absolute atomic E-state index is 11.6. The highest BCUT2D eigenvalue weighted by Crippen LogP contribution is 2.38. The van der Waals surface area contributed by atoms with Crippen molar-refractivity contribution >= 4 is 33.3 Å². The van der Waals surface area contributed by atoms with E-state index in [-0.39, 0.29) is 6.04 Å². The molecule has 0 saturated carbocycles. The molecule has 3 rings (SSSR count). The average molecular weight is 416 g/mol. The van der Waals surface area contributed by atoms with E-state index in [4.69, 9.17) is 9.83 Å². The highest BCUT2D eigenvalue weighted by molar-refractivity contribution is 9.12. The number of pyridine rings is 1. The van der Waals surface area contributed by atoms with Crippen molar-refractivity contribution in [2.75, 3.05) is 7.11 Å². The number of hydrogen-bond donors (Lipinski definition) is 2. The summed E-state index contributed by atoms with van der Waals surface area (Å²) in [5.74, 6) is -1.75. The van der Waals surface area contributed by atoms with Crippen LogP contribution in [0, 0.1) is 5.92 Å². The molecule has 2 N–H and O–H groups in total. The molecule has 0 bridgehead atoms. The molecule has 1 aliphatic heterocycles. The number of rotatable bonds is 5. The molecule has 0 fully saturated rings. The van der Waals surface area contributed by atoms with Crippen molar-refractivity contribution in [2.24, 2.45) is 10.9 Å². The van der Waals surface area contributed by atoms with Crippen LogP contribution in [-0.2, 0) is 9.63 Å². The fraction of sp³-hybridized carbons (Fsp3) is 0.211. The summed E-state index contributed by atoms with van der Waals surface area (Å²) in [7, 11) is 1.51. The van der Waals surface area contributed by atoms with Crippen LogP contribution >= 0.6 is 15.9 Å². The molecule has 134 valence electrons. The predicted molar refractivity (Wildman–Crippen MR) is 103 cm³/mol. The van der Waals surface area contributed by atoms with E-state index in [1.165, 1.54) is 7.11 Å². The van der Waals surface area contributed by atoms with Crippen LogP contribution in [0.1, 0.15) is 29.7 Å². The second-order valence-electron chi connectivity index (χ2n) is 5.85. The number of benzene rings is 1. The summed E-state index contributed by atoms with van der Waals surface area (Å²) in [5.41, 5.74) is 6.64. The molecule has 0 spiro atoms. The fourth-order valence-corrected chi connectivity index (χ4v) is 3.63. The third-order valence-corrected chi connectivity index (χ3v) is 5.02. The molecular formula is C19H18BrN3O3. The number of aromatic nitrogens is 1. The van der Waals surface area contributed by atoms with E-state index in [9.17, 15) is 9.90 Å². The molecule has 6 nitrogen and oxygen atoms in total. The van der Waals surface area contributed by atoms with Gasteiger partial charge in [0.05, 0.1) is 28.9 Å². The monoisotopic (exact) mass is 415 g/mol. The Kier molecular flexibility index (Phi) is 5.49. The van der Waals surface area contributed by atoms with Crippen LogP contribution in [0.15, 0.2) is 58.3 Å².